The van der Waals surface area contributed by atoms with Crippen LogP contribution in [0.5, 0.6) is 0 Å². The van der Waals surface area contributed by atoms with Gasteiger partial charge in [-0.1, -0.05) is 67.6 Å². The Morgan fingerprint density at radius 2 is 1.61 bits per heavy atom. The summed E-state index contributed by atoms with van der Waals surface area (Å²) < 4.78 is 5.60. The number of hydrogen-bond donors (Lipinski definition) is 1. The smallest absolute Gasteiger partial charge is 0.338 e. The summed E-state index contributed by atoms with van der Waals surface area (Å²) in [5, 5.41) is 11.7. The maximum absolute atomic E-state index is 12.6. The zero-order valence-electron chi connectivity index (χ0n) is 15.6. The largest absolute Gasteiger partial charge is 0.481 e. The highest BCUT2D eigenvalue weighted by Gasteiger charge is 2.52. The molecule has 0 saturated heterocycles. The summed E-state index contributed by atoms with van der Waals surface area (Å²) in [5.74, 6) is -1.81. The molecule has 0 aromatic heterocycles. The van der Waals surface area contributed by atoms with E-state index < -0.39 is 11.9 Å². The molecule has 1 fully saturated rings. The van der Waals surface area contributed by atoms with Crippen molar-refractivity contribution in [1.29, 1.82) is 0 Å². The molecule has 1 aliphatic carbocycles. The average molecular weight is 374 g/mol. The Bertz CT molecular complexity index is 1010. The molecule has 4 rings (SSSR count). The van der Waals surface area contributed by atoms with E-state index in [4.69, 9.17) is 4.74 Å². The molecule has 4 heteroatoms. The third-order valence-corrected chi connectivity index (χ3v) is 5.95. The molecule has 1 saturated carbocycles. The lowest BCUT2D eigenvalue weighted by atomic mass is 9.55. The van der Waals surface area contributed by atoms with Crippen molar-refractivity contribution in [2.75, 3.05) is 6.61 Å². The minimum Gasteiger partial charge on any atom is -0.481 e. The van der Waals surface area contributed by atoms with E-state index in [0.29, 0.717) is 5.56 Å². The van der Waals surface area contributed by atoms with Crippen LogP contribution in [0.3, 0.4) is 0 Å². The van der Waals surface area contributed by atoms with Crippen molar-refractivity contribution in [2.24, 2.45) is 17.8 Å². The van der Waals surface area contributed by atoms with E-state index in [2.05, 4.69) is 0 Å². The van der Waals surface area contributed by atoms with Crippen molar-refractivity contribution in [2.45, 2.75) is 12.8 Å². The monoisotopic (exact) mass is 374 g/mol. The molecule has 3 aromatic rings. The van der Waals surface area contributed by atoms with Crippen LogP contribution >= 0.6 is 0 Å². The Kier molecular flexibility index (Phi) is 4.86. The first-order valence-electron chi connectivity index (χ1n) is 9.50. The number of rotatable bonds is 5. The molecule has 0 unspecified atom stereocenters. The van der Waals surface area contributed by atoms with Crippen LogP contribution in [0, 0.1) is 17.8 Å². The quantitative estimate of drug-likeness (QED) is 0.655. The number of benzene rings is 3. The van der Waals surface area contributed by atoms with Crippen LogP contribution in [0.2, 0.25) is 0 Å². The molecule has 4 atom stereocenters. The normalized spacial score (nSPS) is 23.8. The van der Waals surface area contributed by atoms with Crippen LogP contribution in [0.25, 0.3) is 10.8 Å². The summed E-state index contributed by atoms with van der Waals surface area (Å²) in [5.41, 5.74) is 1.50. The second-order valence-electron chi connectivity index (χ2n) is 7.48. The molecule has 0 bridgehead atoms. The predicted molar refractivity (Wildman–Crippen MR) is 107 cm³/mol. The molecule has 0 amide bonds. The topological polar surface area (TPSA) is 63.6 Å². The van der Waals surface area contributed by atoms with Gasteiger partial charge in [0.05, 0.1) is 18.1 Å². The number of carboxylic acids is 1. The lowest BCUT2D eigenvalue weighted by Crippen LogP contribution is -2.49. The maximum atomic E-state index is 12.6. The Labute approximate surface area is 163 Å². The molecule has 0 heterocycles. The van der Waals surface area contributed by atoms with Gasteiger partial charge in [0, 0.05) is 11.8 Å². The predicted octanol–water partition coefficient (Wildman–Crippen LogP) is 4.75. The molecule has 4 nitrogen and oxygen atoms in total. The van der Waals surface area contributed by atoms with Crippen molar-refractivity contribution < 1.29 is 19.4 Å². The number of carboxylic acid groups (broad SMARTS) is 1. The van der Waals surface area contributed by atoms with Crippen molar-refractivity contribution in [3.8, 4) is 0 Å². The van der Waals surface area contributed by atoms with Gasteiger partial charge in [0.25, 0.3) is 0 Å². The van der Waals surface area contributed by atoms with E-state index >= 15 is 0 Å². The first-order valence-corrected chi connectivity index (χ1v) is 9.50. The van der Waals surface area contributed by atoms with Crippen LogP contribution in [0.4, 0.5) is 0 Å². The number of hydrogen-bond acceptors (Lipinski definition) is 3. The summed E-state index contributed by atoms with van der Waals surface area (Å²) in [6.07, 6.45) is 0. The van der Waals surface area contributed by atoms with E-state index in [1.54, 1.807) is 6.07 Å². The number of carbonyl (C=O) groups excluding carboxylic acids is 1. The highest BCUT2D eigenvalue weighted by molar-refractivity contribution is 5.95. The summed E-state index contributed by atoms with van der Waals surface area (Å²) >= 11 is 0. The average Bonchev–Trinajstić information content (AvgIpc) is 2.71. The second kappa shape index (κ2) is 7.47. The van der Waals surface area contributed by atoms with Gasteiger partial charge in [-0.05, 0) is 34.4 Å². The van der Waals surface area contributed by atoms with Gasteiger partial charge in [-0.25, -0.2) is 4.79 Å². The van der Waals surface area contributed by atoms with Crippen molar-refractivity contribution in [1.82, 2.24) is 0 Å². The van der Waals surface area contributed by atoms with Gasteiger partial charge in [0.2, 0.25) is 0 Å². The number of carbonyl (C=O) groups is 2. The van der Waals surface area contributed by atoms with Crippen LogP contribution < -0.4 is 0 Å². The van der Waals surface area contributed by atoms with Gasteiger partial charge < -0.3 is 9.84 Å². The molecular weight excluding hydrogens is 352 g/mol. The molecular formula is C24H22O4. The van der Waals surface area contributed by atoms with Gasteiger partial charge in [-0.15, -0.1) is 0 Å². The number of ether oxygens (including phenoxy) is 1. The Balaban J connectivity index is 1.49. The van der Waals surface area contributed by atoms with Crippen molar-refractivity contribution in [3.05, 3.63) is 83.9 Å². The van der Waals surface area contributed by atoms with Gasteiger partial charge in [0.15, 0.2) is 0 Å². The molecule has 0 spiro atoms. The first-order chi connectivity index (χ1) is 13.6. The van der Waals surface area contributed by atoms with Crippen LogP contribution in [0.1, 0.15) is 28.8 Å². The minimum absolute atomic E-state index is 0.00657. The van der Waals surface area contributed by atoms with Crippen LogP contribution in [-0.4, -0.2) is 23.7 Å². The highest BCUT2D eigenvalue weighted by atomic mass is 16.5. The number of esters is 1. The van der Waals surface area contributed by atoms with Crippen LogP contribution in [0.15, 0.2) is 72.8 Å². The summed E-state index contributed by atoms with van der Waals surface area (Å²) in [4.78, 5) is 24.3. The first kappa shape index (κ1) is 18.2. The molecule has 142 valence electrons. The second-order valence-corrected chi connectivity index (χ2v) is 7.48. The molecule has 28 heavy (non-hydrogen) atoms. The lowest BCUT2D eigenvalue weighted by molar-refractivity contribution is -0.154. The van der Waals surface area contributed by atoms with Crippen molar-refractivity contribution >= 4 is 22.7 Å². The number of fused-ring (bicyclic) bond motifs is 1. The molecule has 3 aromatic carbocycles. The zero-order valence-corrected chi connectivity index (χ0v) is 15.6. The molecule has 0 aliphatic heterocycles. The third kappa shape index (κ3) is 3.26. The number of aliphatic carboxylic acids is 1. The minimum atomic E-state index is -0.793. The third-order valence-electron chi connectivity index (χ3n) is 5.95. The van der Waals surface area contributed by atoms with E-state index in [1.807, 2.05) is 73.7 Å². The molecule has 1 aliphatic rings. The van der Waals surface area contributed by atoms with Crippen molar-refractivity contribution in [3.63, 3.8) is 0 Å². The fourth-order valence-electron chi connectivity index (χ4n) is 4.38. The Morgan fingerprint density at radius 1 is 0.929 bits per heavy atom. The zero-order chi connectivity index (χ0) is 19.7. The standard InChI is InChI=1S/C24H22O4/c1-15-20(22(21(15)23(25)26)17-8-3-2-4-9-17)14-28-24(27)19-12-11-16-7-5-6-10-18(16)13-19/h2-13,15,20-22H,14H2,1H3,(H,25,26)/t15-,20+,21-,22-/m1/s1. The molecule has 0 radical (unpaired) electrons. The van der Waals surface area contributed by atoms with E-state index in [0.717, 1.165) is 16.3 Å². The summed E-state index contributed by atoms with van der Waals surface area (Å²) in [6, 6.07) is 23.0. The lowest BCUT2D eigenvalue weighted by Gasteiger charge is -2.48. The Hall–Kier alpha value is -3.14. The molecule has 1 N–H and O–H groups in total. The maximum Gasteiger partial charge on any atom is 0.338 e. The fraction of sp³-hybridized carbons (Fsp3) is 0.250. The summed E-state index contributed by atoms with van der Waals surface area (Å²) in [6.45, 7) is 2.14. The Morgan fingerprint density at radius 3 is 2.32 bits per heavy atom. The summed E-state index contributed by atoms with van der Waals surface area (Å²) in [7, 11) is 0. The van der Waals surface area contributed by atoms with Gasteiger partial charge >= 0.3 is 11.9 Å². The van der Waals surface area contributed by atoms with E-state index in [9.17, 15) is 14.7 Å². The van der Waals surface area contributed by atoms with E-state index in [1.165, 1.54) is 0 Å². The van der Waals surface area contributed by atoms with E-state index in [-0.39, 0.29) is 30.3 Å². The van der Waals surface area contributed by atoms with Gasteiger partial charge in [-0.2, -0.15) is 0 Å². The SMILES string of the molecule is C[C@@H]1[C@H](COC(=O)c2ccc3ccccc3c2)[C@@H](c2ccccc2)[C@@H]1C(=O)O. The van der Waals surface area contributed by atoms with Gasteiger partial charge in [-0.3, -0.25) is 4.79 Å². The highest BCUT2D eigenvalue weighted by Crippen LogP contribution is 2.52. The fourth-order valence-corrected chi connectivity index (χ4v) is 4.38. The van der Waals surface area contributed by atoms with Gasteiger partial charge in [0.1, 0.15) is 0 Å². The van der Waals surface area contributed by atoms with Crippen LogP contribution in [-0.2, 0) is 9.53 Å².